The SMILES string of the molecule is Cc1cc([N+](=O)[O-])c(N2CCNCC2)cc1N1C(N)=NC(N)=NC12CCCCC2. The lowest BCUT2D eigenvalue weighted by Crippen LogP contribution is -2.58. The molecule has 10 nitrogen and oxygen atoms in total. The summed E-state index contributed by atoms with van der Waals surface area (Å²) < 4.78 is 0. The van der Waals surface area contributed by atoms with Crippen LogP contribution in [0.5, 0.6) is 0 Å². The monoisotopic (exact) mass is 400 g/mol. The first-order chi connectivity index (χ1) is 13.9. The zero-order valence-corrected chi connectivity index (χ0v) is 16.7. The van der Waals surface area contributed by atoms with Crippen molar-refractivity contribution in [3.63, 3.8) is 0 Å². The van der Waals surface area contributed by atoms with Gasteiger partial charge < -0.3 is 21.7 Å². The number of guanidine groups is 2. The predicted octanol–water partition coefficient (Wildman–Crippen LogP) is 1.42. The highest BCUT2D eigenvalue weighted by molar-refractivity contribution is 6.06. The Morgan fingerprint density at radius 1 is 1.14 bits per heavy atom. The van der Waals surface area contributed by atoms with Crippen molar-refractivity contribution < 1.29 is 4.92 Å². The van der Waals surface area contributed by atoms with Gasteiger partial charge in [-0.15, -0.1) is 0 Å². The Balaban J connectivity index is 1.84. The number of nitro benzene ring substituents is 1. The van der Waals surface area contributed by atoms with Gasteiger partial charge in [0.1, 0.15) is 11.4 Å². The van der Waals surface area contributed by atoms with Gasteiger partial charge in [0.05, 0.1) is 10.6 Å². The van der Waals surface area contributed by atoms with Crippen molar-refractivity contribution in [1.82, 2.24) is 5.32 Å². The van der Waals surface area contributed by atoms with Crippen molar-refractivity contribution in [1.29, 1.82) is 0 Å². The summed E-state index contributed by atoms with van der Waals surface area (Å²) in [7, 11) is 0. The minimum atomic E-state index is -0.574. The van der Waals surface area contributed by atoms with E-state index in [-0.39, 0.29) is 16.6 Å². The van der Waals surface area contributed by atoms with Gasteiger partial charge >= 0.3 is 0 Å². The van der Waals surface area contributed by atoms with Gasteiger partial charge in [0, 0.05) is 32.2 Å². The number of piperazine rings is 1. The van der Waals surface area contributed by atoms with Crippen LogP contribution in [0.4, 0.5) is 17.1 Å². The van der Waals surface area contributed by atoms with E-state index in [4.69, 9.17) is 16.5 Å². The number of aryl methyl sites for hydroxylation is 1. The van der Waals surface area contributed by atoms with Crippen LogP contribution in [-0.2, 0) is 0 Å². The van der Waals surface area contributed by atoms with Gasteiger partial charge in [-0.3, -0.25) is 15.0 Å². The van der Waals surface area contributed by atoms with Gasteiger partial charge in [0.25, 0.3) is 5.69 Å². The van der Waals surface area contributed by atoms with Crippen LogP contribution in [0.15, 0.2) is 22.1 Å². The minimum absolute atomic E-state index is 0.112. The van der Waals surface area contributed by atoms with Crippen LogP contribution < -0.4 is 26.6 Å². The fraction of sp³-hybridized carbons (Fsp3) is 0.579. The highest BCUT2D eigenvalue weighted by Gasteiger charge is 2.43. The van der Waals surface area contributed by atoms with E-state index < -0.39 is 5.66 Å². The Bertz CT molecular complexity index is 869. The van der Waals surface area contributed by atoms with E-state index >= 15 is 0 Å². The molecule has 1 aliphatic carbocycles. The molecule has 156 valence electrons. The average molecular weight is 400 g/mol. The van der Waals surface area contributed by atoms with E-state index in [2.05, 4.69) is 15.2 Å². The second-order valence-electron chi connectivity index (χ2n) is 7.94. The summed E-state index contributed by atoms with van der Waals surface area (Å²) in [5, 5.41) is 15.1. The highest BCUT2D eigenvalue weighted by Crippen LogP contribution is 2.43. The maximum atomic E-state index is 11.8. The number of nitrogens with zero attached hydrogens (tertiary/aromatic N) is 5. The molecule has 0 bridgehead atoms. The lowest BCUT2D eigenvalue weighted by atomic mass is 9.87. The normalized spacial score (nSPS) is 21.7. The maximum Gasteiger partial charge on any atom is 0.292 e. The van der Waals surface area contributed by atoms with Gasteiger partial charge in [-0.25, -0.2) is 4.99 Å². The first-order valence-electron chi connectivity index (χ1n) is 10.2. The van der Waals surface area contributed by atoms with Crippen molar-refractivity contribution in [2.75, 3.05) is 36.0 Å². The van der Waals surface area contributed by atoms with E-state index in [1.165, 1.54) is 0 Å². The summed E-state index contributed by atoms with van der Waals surface area (Å²) in [5.74, 6) is 0.491. The first kappa shape index (κ1) is 19.4. The standard InChI is InChI=1S/C19H28N8O2/c1-13-11-16(27(28)29)15(25-9-7-22-8-10-25)12-14(13)26-18(21)23-17(20)24-19(26)5-3-2-4-6-19/h11-12,22H,2-10H2,1H3,(H4,20,21,23,24). The molecule has 0 unspecified atom stereocenters. The fourth-order valence-electron chi connectivity index (χ4n) is 4.69. The van der Waals surface area contributed by atoms with E-state index in [1.807, 2.05) is 17.9 Å². The van der Waals surface area contributed by atoms with Crippen LogP contribution in [0, 0.1) is 17.0 Å². The van der Waals surface area contributed by atoms with Gasteiger partial charge in [-0.2, -0.15) is 4.99 Å². The van der Waals surface area contributed by atoms with Crippen molar-refractivity contribution in [3.8, 4) is 0 Å². The van der Waals surface area contributed by atoms with Gasteiger partial charge in [0.2, 0.25) is 11.9 Å². The molecule has 1 saturated carbocycles. The summed E-state index contributed by atoms with van der Waals surface area (Å²) in [6.45, 7) is 4.87. The summed E-state index contributed by atoms with van der Waals surface area (Å²) in [5.41, 5.74) is 14.1. The Morgan fingerprint density at radius 2 is 1.83 bits per heavy atom. The summed E-state index contributed by atoms with van der Waals surface area (Å²) >= 11 is 0. The third-order valence-corrected chi connectivity index (χ3v) is 6.04. The van der Waals surface area contributed by atoms with E-state index in [9.17, 15) is 10.1 Å². The number of anilines is 2. The number of nitrogens with two attached hydrogens (primary N) is 2. The Hall–Kier alpha value is -2.88. The van der Waals surface area contributed by atoms with Crippen molar-refractivity contribution in [2.24, 2.45) is 21.5 Å². The number of aliphatic imine (C=N–C) groups is 2. The number of rotatable bonds is 3. The summed E-state index contributed by atoms with van der Waals surface area (Å²) in [6, 6.07) is 3.52. The molecule has 4 rings (SSSR count). The largest absolute Gasteiger partial charge is 0.369 e. The topological polar surface area (TPSA) is 138 Å². The molecule has 2 aliphatic heterocycles. The molecular weight excluding hydrogens is 372 g/mol. The van der Waals surface area contributed by atoms with Crippen LogP contribution in [0.3, 0.4) is 0 Å². The Kier molecular flexibility index (Phi) is 5.03. The zero-order valence-electron chi connectivity index (χ0n) is 16.7. The minimum Gasteiger partial charge on any atom is -0.369 e. The molecular formula is C19H28N8O2. The molecule has 1 aromatic carbocycles. The zero-order chi connectivity index (χ0) is 20.6. The maximum absolute atomic E-state index is 11.8. The quantitative estimate of drug-likeness (QED) is 0.515. The number of nitro groups is 1. The molecule has 0 aromatic heterocycles. The Labute approximate surface area is 169 Å². The predicted molar refractivity (Wildman–Crippen MR) is 114 cm³/mol. The number of benzene rings is 1. The number of nitrogens with one attached hydrogen (secondary N) is 1. The third kappa shape index (κ3) is 3.48. The lowest BCUT2D eigenvalue weighted by Gasteiger charge is -2.46. The van der Waals surface area contributed by atoms with Crippen LogP contribution >= 0.6 is 0 Å². The molecule has 1 saturated heterocycles. The van der Waals surface area contributed by atoms with Crippen LogP contribution in [-0.4, -0.2) is 48.7 Å². The average Bonchev–Trinajstić information content (AvgIpc) is 2.69. The van der Waals surface area contributed by atoms with Crippen molar-refractivity contribution in [2.45, 2.75) is 44.7 Å². The molecule has 5 N–H and O–H groups in total. The fourth-order valence-corrected chi connectivity index (χ4v) is 4.69. The molecule has 2 heterocycles. The van der Waals surface area contributed by atoms with E-state index in [1.54, 1.807) is 6.07 Å². The molecule has 1 spiro atoms. The van der Waals surface area contributed by atoms with E-state index in [0.717, 1.165) is 56.4 Å². The summed E-state index contributed by atoms with van der Waals surface area (Å²) in [6.07, 6.45) is 4.84. The van der Waals surface area contributed by atoms with Gasteiger partial charge in [-0.1, -0.05) is 6.42 Å². The van der Waals surface area contributed by atoms with Gasteiger partial charge in [0.15, 0.2) is 0 Å². The Morgan fingerprint density at radius 3 is 2.48 bits per heavy atom. The van der Waals surface area contributed by atoms with Crippen LogP contribution in [0.25, 0.3) is 0 Å². The smallest absolute Gasteiger partial charge is 0.292 e. The van der Waals surface area contributed by atoms with Crippen molar-refractivity contribution in [3.05, 3.63) is 27.8 Å². The molecule has 3 aliphatic rings. The second kappa shape index (κ2) is 7.51. The summed E-state index contributed by atoms with van der Waals surface area (Å²) in [4.78, 5) is 24.4. The number of hydrogen-bond donors (Lipinski definition) is 3. The number of hydrogen-bond acceptors (Lipinski definition) is 9. The lowest BCUT2D eigenvalue weighted by molar-refractivity contribution is -0.384. The molecule has 1 aromatic rings. The molecule has 2 fully saturated rings. The molecule has 10 heteroatoms. The highest BCUT2D eigenvalue weighted by atomic mass is 16.6. The third-order valence-electron chi connectivity index (χ3n) is 6.04. The van der Waals surface area contributed by atoms with Gasteiger partial charge in [-0.05, 0) is 44.2 Å². The van der Waals surface area contributed by atoms with E-state index in [0.29, 0.717) is 24.7 Å². The van der Waals surface area contributed by atoms with Crippen LogP contribution in [0.1, 0.15) is 37.7 Å². The second-order valence-corrected chi connectivity index (χ2v) is 7.94. The molecule has 29 heavy (non-hydrogen) atoms. The van der Waals surface area contributed by atoms with Crippen LogP contribution in [0.2, 0.25) is 0 Å². The van der Waals surface area contributed by atoms with Crippen molar-refractivity contribution >= 4 is 29.0 Å². The molecule has 0 amide bonds. The molecule has 0 atom stereocenters. The first-order valence-corrected chi connectivity index (χ1v) is 10.2. The molecule has 0 radical (unpaired) electrons.